The topological polar surface area (TPSA) is 18.5 Å². The lowest BCUT2D eigenvalue weighted by Gasteiger charge is -2.05. The van der Waals surface area contributed by atoms with Gasteiger partial charge in [-0.15, -0.1) is 0 Å². The number of ether oxygens (including phenoxy) is 2. The molecule has 2 aromatic rings. The van der Waals surface area contributed by atoms with Crippen LogP contribution in [0.3, 0.4) is 0 Å². The van der Waals surface area contributed by atoms with Crippen molar-refractivity contribution in [1.29, 1.82) is 0 Å². The van der Waals surface area contributed by atoms with Crippen molar-refractivity contribution in [2.45, 2.75) is 0 Å². The summed E-state index contributed by atoms with van der Waals surface area (Å²) in [4.78, 5) is 0. The summed E-state index contributed by atoms with van der Waals surface area (Å²) in [6.07, 6.45) is 0. The molecule has 1 aliphatic carbocycles. The van der Waals surface area contributed by atoms with Crippen LogP contribution >= 0.6 is 23.2 Å². The molecule has 2 aromatic carbocycles. The first-order valence-electron chi connectivity index (χ1n) is 6.08. The maximum Gasteiger partial charge on any atom is 0.119 e. The zero-order valence-corrected chi connectivity index (χ0v) is 12.5. The number of rotatable bonds is 2. The third kappa shape index (κ3) is 1.96. The van der Waals surface area contributed by atoms with Gasteiger partial charge in [-0.1, -0.05) is 23.2 Å². The molecule has 0 aromatic heterocycles. The third-order valence-electron chi connectivity index (χ3n) is 3.47. The van der Waals surface area contributed by atoms with Crippen molar-refractivity contribution in [3.05, 3.63) is 52.0 Å². The van der Waals surface area contributed by atoms with Crippen molar-refractivity contribution in [3.8, 4) is 22.6 Å². The first-order chi connectivity index (χ1) is 9.65. The number of methoxy groups -OCH3 is 2. The summed E-state index contributed by atoms with van der Waals surface area (Å²) in [6.45, 7) is 0. The molecule has 0 N–H and O–H groups in total. The monoisotopic (exact) mass is 306 g/mol. The molecule has 0 bridgehead atoms. The Morgan fingerprint density at radius 3 is 1.55 bits per heavy atom. The van der Waals surface area contributed by atoms with Crippen LogP contribution in [0.2, 0.25) is 0 Å². The van der Waals surface area contributed by atoms with E-state index in [9.17, 15) is 0 Å². The van der Waals surface area contributed by atoms with Crippen molar-refractivity contribution in [1.82, 2.24) is 0 Å². The minimum Gasteiger partial charge on any atom is -0.497 e. The largest absolute Gasteiger partial charge is 0.497 e. The normalized spacial score (nSPS) is 11.9. The van der Waals surface area contributed by atoms with Crippen LogP contribution in [0.5, 0.6) is 11.5 Å². The van der Waals surface area contributed by atoms with Crippen LogP contribution in [0.15, 0.2) is 40.9 Å². The molecule has 0 aliphatic heterocycles. The van der Waals surface area contributed by atoms with E-state index in [0.717, 1.165) is 39.3 Å². The van der Waals surface area contributed by atoms with Gasteiger partial charge in [0, 0.05) is 5.57 Å². The molecule has 0 saturated carbocycles. The van der Waals surface area contributed by atoms with E-state index in [-0.39, 0.29) is 4.49 Å². The van der Waals surface area contributed by atoms with Gasteiger partial charge in [-0.3, -0.25) is 0 Å². The van der Waals surface area contributed by atoms with Crippen molar-refractivity contribution < 1.29 is 9.47 Å². The fourth-order valence-corrected chi connectivity index (χ4v) is 2.94. The van der Waals surface area contributed by atoms with Gasteiger partial charge >= 0.3 is 0 Å². The highest BCUT2D eigenvalue weighted by atomic mass is 35.5. The smallest absolute Gasteiger partial charge is 0.119 e. The Morgan fingerprint density at radius 1 is 0.750 bits per heavy atom. The molecule has 1 aliphatic rings. The molecular weight excluding hydrogens is 295 g/mol. The minimum atomic E-state index is 0.264. The predicted molar refractivity (Wildman–Crippen MR) is 82.7 cm³/mol. The van der Waals surface area contributed by atoms with E-state index >= 15 is 0 Å². The Balaban J connectivity index is 2.33. The standard InChI is InChI=1S/C16H12Cl2O2/c1-19-9-3-5-11-13(7-9)14-8-10(20-2)4-6-12(14)15(11)16(17)18/h3-8H,1-2H3. The molecule has 20 heavy (non-hydrogen) atoms. The van der Waals surface area contributed by atoms with Crippen LogP contribution in [-0.4, -0.2) is 14.2 Å². The summed E-state index contributed by atoms with van der Waals surface area (Å²) in [7, 11) is 3.29. The second-order valence-corrected chi connectivity index (χ2v) is 5.41. The van der Waals surface area contributed by atoms with Gasteiger partial charge in [0.2, 0.25) is 0 Å². The lowest BCUT2D eigenvalue weighted by Crippen LogP contribution is -1.85. The van der Waals surface area contributed by atoms with E-state index < -0.39 is 0 Å². The fraction of sp³-hybridized carbons (Fsp3) is 0.125. The van der Waals surface area contributed by atoms with Gasteiger partial charge < -0.3 is 9.47 Å². The Bertz CT molecular complexity index is 661. The van der Waals surface area contributed by atoms with E-state index in [2.05, 4.69) is 0 Å². The molecule has 0 spiro atoms. The van der Waals surface area contributed by atoms with Crippen molar-refractivity contribution in [3.63, 3.8) is 0 Å². The zero-order chi connectivity index (χ0) is 14.3. The van der Waals surface area contributed by atoms with Crippen LogP contribution in [0, 0.1) is 0 Å². The van der Waals surface area contributed by atoms with Gasteiger partial charge in [0.15, 0.2) is 0 Å². The summed E-state index contributed by atoms with van der Waals surface area (Å²) >= 11 is 12.1. The van der Waals surface area contributed by atoms with E-state index in [1.165, 1.54) is 0 Å². The van der Waals surface area contributed by atoms with Gasteiger partial charge in [-0.05, 0) is 58.7 Å². The molecule has 0 amide bonds. The lowest BCUT2D eigenvalue weighted by atomic mass is 10.1. The molecule has 3 rings (SSSR count). The molecule has 102 valence electrons. The van der Waals surface area contributed by atoms with Crippen LogP contribution in [0.1, 0.15) is 11.1 Å². The van der Waals surface area contributed by atoms with Gasteiger partial charge in [0.25, 0.3) is 0 Å². The average molecular weight is 307 g/mol. The quantitative estimate of drug-likeness (QED) is 0.672. The van der Waals surface area contributed by atoms with Gasteiger partial charge in [-0.2, -0.15) is 0 Å². The molecule has 0 heterocycles. The zero-order valence-electron chi connectivity index (χ0n) is 11.0. The number of fused-ring (bicyclic) bond motifs is 3. The van der Waals surface area contributed by atoms with Crippen LogP contribution in [-0.2, 0) is 0 Å². The van der Waals surface area contributed by atoms with E-state index in [1.54, 1.807) is 14.2 Å². The van der Waals surface area contributed by atoms with Gasteiger partial charge in [-0.25, -0.2) is 0 Å². The van der Waals surface area contributed by atoms with E-state index in [0.29, 0.717) is 0 Å². The molecule has 4 heteroatoms. The van der Waals surface area contributed by atoms with Crippen molar-refractivity contribution in [2.24, 2.45) is 0 Å². The minimum absolute atomic E-state index is 0.264. The molecule has 0 unspecified atom stereocenters. The Kier molecular flexibility index (Phi) is 3.36. The number of hydrogen-bond donors (Lipinski definition) is 0. The number of halogens is 2. The molecule has 0 fully saturated rings. The van der Waals surface area contributed by atoms with Gasteiger partial charge in [0.05, 0.1) is 14.2 Å². The lowest BCUT2D eigenvalue weighted by molar-refractivity contribution is 0.414. The number of benzene rings is 2. The maximum absolute atomic E-state index is 6.07. The van der Waals surface area contributed by atoms with E-state index in [4.69, 9.17) is 32.7 Å². The van der Waals surface area contributed by atoms with Crippen molar-refractivity contribution in [2.75, 3.05) is 14.2 Å². The van der Waals surface area contributed by atoms with E-state index in [1.807, 2.05) is 36.4 Å². The van der Waals surface area contributed by atoms with Crippen LogP contribution < -0.4 is 9.47 Å². The highest BCUT2D eigenvalue weighted by Gasteiger charge is 2.26. The summed E-state index contributed by atoms with van der Waals surface area (Å²) in [5.74, 6) is 1.59. The van der Waals surface area contributed by atoms with Gasteiger partial charge in [0.1, 0.15) is 16.0 Å². The second-order valence-electron chi connectivity index (χ2n) is 4.46. The summed E-state index contributed by atoms with van der Waals surface area (Å²) < 4.78 is 10.9. The van der Waals surface area contributed by atoms with Crippen molar-refractivity contribution >= 4 is 28.8 Å². The number of hydrogen-bond acceptors (Lipinski definition) is 2. The summed E-state index contributed by atoms with van der Waals surface area (Å²) in [5, 5.41) is 0. The fourth-order valence-electron chi connectivity index (χ4n) is 2.53. The predicted octanol–water partition coefficient (Wildman–Crippen LogP) is 4.88. The molecule has 2 nitrogen and oxygen atoms in total. The highest BCUT2D eigenvalue weighted by Crippen LogP contribution is 2.49. The maximum atomic E-state index is 6.07. The molecular formula is C16H12Cl2O2. The first-order valence-corrected chi connectivity index (χ1v) is 6.83. The van der Waals surface area contributed by atoms with Crippen LogP contribution in [0.25, 0.3) is 16.7 Å². The first kappa shape index (κ1) is 13.3. The third-order valence-corrected chi connectivity index (χ3v) is 3.85. The molecule has 0 atom stereocenters. The van der Waals surface area contributed by atoms with Crippen LogP contribution in [0.4, 0.5) is 0 Å². The Hall–Kier alpha value is -1.64. The second kappa shape index (κ2) is 5.04. The molecule has 0 saturated heterocycles. The summed E-state index contributed by atoms with van der Waals surface area (Å²) in [6, 6.07) is 11.7. The molecule has 0 radical (unpaired) electrons. The highest BCUT2D eigenvalue weighted by molar-refractivity contribution is 6.59. The summed E-state index contributed by atoms with van der Waals surface area (Å²) in [5.41, 5.74) is 4.96. The SMILES string of the molecule is COc1ccc2c(c1)-c1cc(OC)ccc1C2=C(Cl)Cl. The Morgan fingerprint density at radius 2 is 1.20 bits per heavy atom. The Labute approximate surface area is 127 Å². The average Bonchev–Trinajstić information content (AvgIpc) is 2.79.